The monoisotopic (exact) mass is 355 g/mol. The Kier molecular flexibility index (Phi) is 10.7. The van der Waals surface area contributed by atoms with Gasteiger partial charge >= 0.3 is 0 Å². The van der Waals surface area contributed by atoms with Crippen LogP contribution in [0.5, 0.6) is 5.75 Å². The summed E-state index contributed by atoms with van der Waals surface area (Å²) in [6, 6.07) is 8.34. The first-order valence-corrected chi connectivity index (χ1v) is 9.89. The lowest BCUT2D eigenvalue weighted by molar-refractivity contribution is 0.306. The molecule has 0 bridgehead atoms. The SMILES string of the molecule is C=C[C@@](C)(/C=C/c1ccc(OCCCCNCC)cc1)CCC=C(C)C. The molecular formula is C24H37NO. The summed E-state index contributed by atoms with van der Waals surface area (Å²) >= 11 is 0. The fourth-order valence-corrected chi connectivity index (χ4v) is 2.61. The summed E-state index contributed by atoms with van der Waals surface area (Å²) in [7, 11) is 0. The van der Waals surface area contributed by atoms with Crippen molar-refractivity contribution < 1.29 is 4.74 Å². The molecule has 0 heterocycles. The topological polar surface area (TPSA) is 21.3 Å². The smallest absolute Gasteiger partial charge is 0.119 e. The van der Waals surface area contributed by atoms with Crippen molar-refractivity contribution in [1.29, 1.82) is 0 Å². The molecule has 0 aliphatic rings. The van der Waals surface area contributed by atoms with E-state index in [2.05, 4.69) is 82.1 Å². The maximum Gasteiger partial charge on any atom is 0.119 e. The second kappa shape index (κ2) is 12.5. The molecule has 2 heteroatoms. The number of rotatable bonds is 13. The molecule has 0 unspecified atom stereocenters. The van der Waals surface area contributed by atoms with E-state index in [9.17, 15) is 0 Å². The molecule has 0 amide bonds. The normalized spacial score (nSPS) is 13.4. The lowest BCUT2D eigenvalue weighted by Crippen LogP contribution is -2.14. The van der Waals surface area contributed by atoms with Crippen LogP contribution in [0.1, 0.15) is 58.9 Å². The first-order chi connectivity index (χ1) is 12.5. The molecule has 1 aromatic carbocycles. The number of unbranched alkanes of at least 4 members (excludes halogenated alkanes) is 1. The van der Waals surface area contributed by atoms with Crippen LogP contribution in [-0.2, 0) is 0 Å². The highest BCUT2D eigenvalue weighted by atomic mass is 16.5. The van der Waals surface area contributed by atoms with E-state index in [1.54, 1.807) is 0 Å². The maximum absolute atomic E-state index is 5.81. The van der Waals surface area contributed by atoms with Crippen molar-refractivity contribution in [2.75, 3.05) is 19.7 Å². The molecule has 0 aromatic heterocycles. The largest absolute Gasteiger partial charge is 0.494 e. The Balaban J connectivity index is 2.47. The fourth-order valence-electron chi connectivity index (χ4n) is 2.61. The van der Waals surface area contributed by atoms with Crippen molar-refractivity contribution in [2.45, 2.75) is 53.4 Å². The van der Waals surface area contributed by atoms with Crippen molar-refractivity contribution in [1.82, 2.24) is 5.32 Å². The van der Waals surface area contributed by atoms with Gasteiger partial charge in [-0.3, -0.25) is 0 Å². The van der Waals surface area contributed by atoms with E-state index in [1.807, 2.05) is 6.08 Å². The molecule has 26 heavy (non-hydrogen) atoms. The highest BCUT2D eigenvalue weighted by Gasteiger charge is 2.14. The van der Waals surface area contributed by atoms with Crippen LogP contribution in [0.3, 0.4) is 0 Å². The highest BCUT2D eigenvalue weighted by Crippen LogP contribution is 2.28. The molecule has 2 nitrogen and oxygen atoms in total. The standard InChI is InChI=1S/C24H37NO/c1-6-24(5,17-10-11-21(3)4)18-16-22-12-14-23(15-13-22)26-20-9-8-19-25-7-2/h6,11-16,18,25H,1,7-10,17,19-20H2,2-5H3/b18-16+/t24-/m1/s1. The third-order valence-electron chi connectivity index (χ3n) is 4.51. The van der Waals surface area contributed by atoms with Crippen LogP contribution in [0.4, 0.5) is 0 Å². The zero-order chi connectivity index (χ0) is 19.3. The zero-order valence-electron chi connectivity index (χ0n) is 17.2. The van der Waals surface area contributed by atoms with Crippen molar-refractivity contribution >= 4 is 6.08 Å². The maximum atomic E-state index is 5.81. The fraction of sp³-hybridized carbons (Fsp3) is 0.500. The predicted octanol–water partition coefficient (Wildman–Crippen LogP) is 6.41. The Bertz CT molecular complexity index is 566. The van der Waals surface area contributed by atoms with Gasteiger partial charge in [0.15, 0.2) is 0 Å². The summed E-state index contributed by atoms with van der Waals surface area (Å²) in [5, 5.41) is 3.33. The van der Waals surface area contributed by atoms with Gasteiger partial charge in [0.2, 0.25) is 0 Å². The van der Waals surface area contributed by atoms with E-state index in [4.69, 9.17) is 4.74 Å². The number of nitrogens with one attached hydrogen (secondary N) is 1. The molecule has 1 rings (SSSR count). The van der Waals surface area contributed by atoms with Crippen LogP contribution in [0, 0.1) is 5.41 Å². The van der Waals surface area contributed by atoms with Crippen LogP contribution in [0.25, 0.3) is 6.08 Å². The zero-order valence-corrected chi connectivity index (χ0v) is 17.2. The third kappa shape index (κ3) is 9.62. The Morgan fingerprint density at radius 2 is 1.92 bits per heavy atom. The molecule has 0 radical (unpaired) electrons. The molecule has 0 fully saturated rings. The quantitative estimate of drug-likeness (QED) is 0.326. The van der Waals surface area contributed by atoms with Gasteiger partial charge in [-0.1, -0.05) is 55.9 Å². The number of allylic oxidation sites excluding steroid dienone is 4. The van der Waals surface area contributed by atoms with E-state index in [-0.39, 0.29) is 5.41 Å². The second-order valence-corrected chi connectivity index (χ2v) is 7.34. The van der Waals surface area contributed by atoms with Crippen molar-refractivity contribution in [3.63, 3.8) is 0 Å². The molecule has 0 saturated carbocycles. The van der Waals surface area contributed by atoms with Gasteiger partial charge in [0.1, 0.15) is 5.75 Å². The Labute approximate surface area is 161 Å². The lowest BCUT2D eigenvalue weighted by Gasteiger charge is -2.20. The first kappa shape index (κ1) is 22.2. The summed E-state index contributed by atoms with van der Waals surface area (Å²) in [6.07, 6.45) is 13.2. The molecule has 1 N–H and O–H groups in total. The van der Waals surface area contributed by atoms with E-state index in [0.717, 1.165) is 51.1 Å². The van der Waals surface area contributed by atoms with Crippen LogP contribution >= 0.6 is 0 Å². The first-order valence-electron chi connectivity index (χ1n) is 9.89. The Morgan fingerprint density at radius 3 is 2.54 bits per heavy atom. The summed E-state index contributed by atoms with van der Waals surface area (Å²) in [5.41, 5.74) is 2.59. The lowest BCUT2D eigenvalue weighted by atomic mass is 9.84. The summed E-state index contributed by atoms with van der Waals surface area (Å²) < 4.78 is 5.81. The van der Waals surface area contributed by atoms with Crippen LogP contribution in [-0.4, -0.2) is 19.7 Å². The molecule has 144 valence electrons. The number of ether oxygens (including phenoxy) is 1. The summed E-state index contributed by atoms with van der Waals surface area (Å²) in [4.78, 5) is 0. The minimum atomic E-state index is 0.0215. The van der Waals surface area contributed by atoms with Crippen LogP contribution in [0.2, 0.25) is 0 Å². The molecule has 1 aromatic rings. The van der Waals surface area contributed by atoms with Crippen LogP contribution in [0.15, 0.2) is 54.6 Å². The Hall–Kier alpha value is -1.80. The average molecular weight is 356 g/mol. The van der Waals surface area contributed by atoms with Gasteiger partial charge in [-0.2, -0.15) is 0 Å². The minimum Gasteiger partial charge on any atom is -0.494 e. The average Bonchev–Trinajstić information content (AvgIpc) is 2.63. The highest BCUT2D eigenvalue weighted by molar-refractivity contribution is 5.52. The van der Waals surface area contributed by atoms with Gasteiger partial charge < -0.3 is 10.1 Å². The van der Waals surface area contributed by atoms with Gasteiger partial charge in [0.25, 0.3) is 0 Å². The van der Waals surface area contributed by atoms with Crippen molar-refractivity contribution in [3.8, 4) is 5.75 Å². The van der Waals surface area contributed by atoms with Gasteiger partial charge in [-0.15, -0.1) is 6.58 Å². The minimum absolute atomic E-state index is 0.0215. The molecule has 0 saturated heterocycles. The summed E-state index contributed by atoms with van der Waals surface area (Å²) in [5.74, 6) is 0.945. The van der Waals surface area contributed by atoms with E-state index in [1.165, 1.54) is 11.1 Å². The van der Waals surface area contributed by atoms with E-state index < -0.39 is 0 Å². The van der Waals surface area contributed by atoms with Gasteiger partial charge in [0, 0.05) is 5.41 Å². The molecule has 0 spiro atoms. The van der Waals surface area contributed by atoms with E-state index >= 15 is 0 Å². The molecule has 0 aliphatic carbocycles. The Morgan fingerprint density at radius 1 is 1.19 bits per heavy atom. The van der Waals surface area contributed by atoms with Crippen molar-refractivity contribution in [2.24, 2.45) is 5.41 Å². The number of hydrogen-bond donors (Lipinski definition) is 1. The van der Waals surface area contributed by atoms with Gasteiger partial charge in [0.05, 0.1) is 6.61 Å². The van der Waals surface area contributed by atoms with E-state index in [0.29, 0.717) is 0 Å². The van der Waals surface area contributed by atoms with Crippen LogP contribution < -0.4 is 10.1 Å². The summed E-state index contributed by atoms with van der Waals surface area (Å²) in [6.45, 7) is 15.6. The van der Waals surface area contributed by atoms with Gasteiger partial charge in [-0.05, 0) is 70.3 Å². The second-order valence-electron chi connectivity index (χ2n) is 7.34. The predicted molar refractivity (Wildman–Crippen MR) is 116 cm³/mol. The molecular weight excluding hydrogens is 318 g/mol. The molecule has 1 atom stereocenters. The number of hydrogen-bond acceptors (Lipinski definition) is 2. The third-order valence-corrected chi connectivity index (χ3v) is 4.51. The number of benzene rings is 1. The van der Waals surface area contributed by atoms with Crippen molar-refractivity contribution in [3.05, 3.63) is 60.2 Å². The van der Waals surface area contributed by atoms with Gasteiger partial charge in [-0.25, -0.2) is 0 Å². The molecule has 0 aliphatic heterocycles.